The number of rotatable bonds is 8. The van der Waals surface area contributed by atoms with E-state index in [4.69, 9.17) is 0 Å². The van der Waals surface area contributed by atoms with Crippen molar-refractivity contribution in [2.45, 2.75) is 50.6 Å². The number of hydrogen-bond donors (Lipinski definition) is 2. The molecule has 2 N–H and O–H groups in total. The minimum atomic E-state index is -0.260. The summed E-state index contributed by atoms with van der Waals surface area (Å²) in [6.45, 7) is 12.4. The van der Waals surface area contributed by atoms with Gasteiger partial charge in [0.1, 0.15) is 5.82 Å². The summed E-state index contributed by atoms with van der Waals surface area (Å²) in [7, 11) is 0. The number of aromatic nitrogens is 2. The summed E-state index contributed by atoms with van der Waals surface area (Å²) in [5.74, 6) is 1.17. The van der Waals surface area contributed by atoms with Crippen LogP contribution in [0, 0.1) is 5.41 Å². The molecule has 3 heterocycles. The van der Waals surface area contributed by atoms with Crippen LogP contribution in [0.4, 0.5) is 10.9 Å². The van der Waals surface area contributed by atoms with Crippen molar-refractivity contribution in [2.24, 2.45) is 5.41 Å². The molecular formula is C29H36N6O3S2. The molecule has 0 saturated carbocycles. The standard InChI is InChI=1S/C29H36N6O3S2/c1-19(29(3,4)5)32-24-10-9-23(16-30-24)26(37)33-28-31-17-25(40-28)39-18-21-7-6-8-22(15-21)27(38)35-13-11-34(12-14-35)20(2)36/h6-10,15-17,19H,11-14,18H2,1-5H3,(H,30,32)(H,31,33,37). The van der Waals surface area contributed by atoms with Crippen LogP contribution >= 0.6 is 23.1 Å². The predicted molar refractivity (Wildman–Crippen MR) is 161 cm³/mol. The largest absolute Gasteiger partial charge is 0.367 e. The Morgan fingerprint density at radius 3 is 2.38 bits per heavy atom. The Kier molecular flexibility index (Phi) is 9.47. The molecule has 1 aliphatic rings. The summed E-state index contributed by atoms with van der Waals surface area (Å²) in [5.41, 5.74) is 2.22. The van der Waals surface area contributed by atoms with Crippen molar-refractivity contribution in [1.29, 1.82) is 0 Å². The maximum atomic E-state index is 13.0. The highest BCUT2D eigenvalue weighted by Crippen LogP contribution is 2.31. The summed E-state index contributed by atoms with van der Waals surface area (Å²) in [6.07, 6.45) is 3.31. The van der Waals surface area contributed by atoms with Gasteiger partial charge >= 0.3 is 0 Å². The number of carbonyl (C=O) groups is 3. The number of hydrogen-bond acceptors (Lipinski definition) is 8. The molecule has 3 aromatic rings. The van der Waals surface area contributed by atoms with Gasteiger partial charge in [-0.3, -0.25) is 19.7 Å². The molecule has 1 saturated heterocycles. The minimum Gasteiger partial charge on any atom is -0.367 e. The van der Waals surface area contributed by atoms with Crippen molar-refractivity contribution in [3.8, 4) is 0 Å². The molecule has 11 heteroatoms. The van der Waals surface area contributed by atoms with Gasteiger partial charge in [0.15, 0.2) is 5.13 Å². The molecule has 1 unspecified atom stereocenters. The lowest BCUT2D eigenvalue weighted by Crippen LogP contribution is -2.50. The normalized spacial score (nSPS) is 14.5. The molecule has 1 aliphatic heterocycles. The van der Waals surface area contributed by atoms with Gasteiger partial charge in [0.05, 0.1) is 16.0 Å². The average Bonchev–Trinajstić information content (AvgIpc) is 3.38. The van der Waals surface area contributed by atoms with Crippen LogP contribution in [-0.2, 0) is 10.5 Å². The number of thiazole rings is 1. The summed E-state index contributed by atoms with van der Waals surface area (Å²) in [5, 5.41) is 6.74. The number of thioether (sulfide) groups is 1. The number of benzene rings is 1. The van der Waals surface area contributed by atoms with Crippen LogP contribution in [0.25, 0.3) is 0 Å². The second-order valence-electron chi connectivity index (χ2n) is 10.9. The van der Waals surface area contributed by atoms with Gasteiger partial charge in [-0.25, -0.2) is 9.97 Å². The molecule has 3 amide bonds. The van der Waals surface area contributed by atoms with Gasteiger partial charge < -0.3 is 15.1 Å². The summed E-state index contributed by atoms with van der Waals surface area (Å²) in [6, 6.07) is 11.4. The second-order valence-corrected chi connectivity index (χ2v) is 13.2. The molecule has 1 fully saturated rings. The van der Waals surface area contributed by atoms with Crippen LogP contribution < -0.4 is 10.6 Å². The predicted octanol–water partition coefficient (Wildman–Crippen LogP) is 5.23. The first kappa shape index (κ1) is 29.5. The average molecular weight is 581 g/mol. The monoisotopic (exact) mass is 580 g/mol. The highest BCUT2D eigenvalue weighted by atomic mass is 32.2. The molecule has 40 heavy (non-hydrogen) atoms. The van der Waals surface area contributed by atoms with E-state index in [1.807, 2.05) is 30.3 Å². The maximum Gasteiger partial charge on any atom is 0.259 e. The lowest BCUT2D eigenvalue weighted by Gasteiger charge is -2.34. The molecule has 0 spiro atoms. The topological polar surface area (TPSA) is 108 Å². The number of piperazine rings is 1. The number of nitrogens with one attached hydrogen (secondary N) is 2. The molecule has 0 bridgehead atoms. The molecule has 1 atom stereocenters. The molecule has 0 radical (unpaired) electrons. The third-order valence-electron chi connectivity index (χ3n) is 6.96. The zero-order valence-corrected chi connectivity index (χ0v) is 25.2. The third-order valence-corrected chi connectivity index (χ3v) is 9.14. The van der Waals surface area contributed by atoms with Crippen LogP contribution in [-0.4, -0.2) is 69.7 Å². The van der Waals surface area contributed by atoms with E-state index in [0.29, 0.717) is 48.2 Å². The summed E-state index contributed by atoms with van der Waals surface area (Å²) < 4.78 is 0.959. The summed E-state index contributed by atoms with van der Waals surface area (Å²) in [4.78, 5) is 49.6. The molecule has 212 valence electrons. The first-order valence-electron chi connectivity index (χ1n) is 13.3. The number of amides is 3. The number of pyridine rings is 1. The van der Waals surface area contributed by atoms with Crippen LogP contribution in [0.2, 0.25) is 0 Å². The van der Waals surface area contributed by atoms with Crippen molar-refractivity contribution < 1.29 is 14.4 Å². The fourth-order valence-corrected chi connectivity index (χ4v) is 5.77. The van der Waals surface area contributed by atoms with E-state index in [1.165, 1.54) is 11.3 Å². The van der Waals surface area contributed by atoms with Gasteiger partial charge in [-0.05, 0) is 42.2 Å². The van der Waals surface area contributed by atoms with Gasteiger partial charge in [-0.15, -0.1) is 11.8 Å². The Morgan fingerprint density at radius 1 is 1.00 bits per heavy atom. The van der Waals surface area contributed by atoms with E-state index in [1.54, 1.807) is 46.9 Å². The van der Waals surface area contributed by atoms with Gasteiger partial charge in [-0.1, -0.05) is 44.2 Å². The quantitative estimate of drug-likeness (QED) is 0.351. The van der Waals surface area contributed by atoms with E-state index in [2.05, 4.69) is 48.3 Å². The van der Waals surface area contributed by atoms with E-state index >= 15 is 0 Å². The molecule has 4 rings (SSSR count). The smallest absolute Gasteiger partial charge is 0.259 e. The molecule has 9 nitrogen and oxygen atoms in total. The Bertz CT molecular complexity index is 1340. The molecular weight excluding hydrogens is 544 g/mol. The first-order chi connectivity index (χ1) is 19.0. The van der Waals surface area contributed by atoms with Crippen LogP contribution in [0.15, 0.2) is 53.0 Å². The number of nitrogens with zero attached hydrogens (tertiary/aromatic N) is 4. The second kappa shape index (κ2) is 12.8. The lowest BCUT2D eigenvalue weighted by molar-refractivity contribution is -0.130. The Labute approximate surface area is 243 Å². The fourth-order valence-electron chi connectivity index (χ4n) is 3.96. The minimum absolute atomic E-state index is 0.0140. The zero-order valence-electron chi connectivity index (χ0n) is 23.6. The third kappa shape index (κ3) is 7.82. The van der Waals surface area contributed by atoms with Gasteiger partial charge in [0.2, 0.25) is 5.91 Å². The van der Waals surface area contributed by atoms with Gasteiger partial charge in [0, 0.05) is 56.7 Å². The van der Waals surface area contributed by atoms with E-state index in [9.17, 15) is 14.4 Å². The highest BCUT2D eigenvalue weighted by Gasteiger charge is 2.23. The number of anilines is 2. The molecule has 2 aromatic heterocycles. The Hall–Kier alpha value is -3.44. The van der Waals surface area contributed by atoms with Gasteiger partial charge in [-0.2, -0.15) is 0 Å². The van der Waals surface area contributed by atoms with Crippen molar-refractivity contribution in [3.63, 3.8) is 0 Å². The van der Waals surface area contributed by atoms with E-state index in [0.717, 1.165) is 15.6 Å². The van der Waals surface area contributed by atoms with Crippen molar-refractivity contribution in [3.05, 3.63) is 65.5 Å². The summed E-state index contributed by atoms with van der Waals surface area (Å²) >= 11 is 3.01. The molecule has 1 aromatic carbocycles. The van der Waals surface area contributed by atoms with Crippen molar-refractivity contribution in [2.75, 3.05) is 36.8 Å². The SMILES string of the molecule is CC(=O)N1CCN(C(=O)c2cccc(CSc3cnc(NC(=O)c4ccc(NC(C)C(C)(C)C)nc4)s3)c2)CC1. The van der Waals surface area contributed by atoms with Crippen molar-refractivity contribution in [1.82, 2.24) is 19.8 Å². The Morgan fingerprint density at radius 2 is 1.73 bits per heavy atom. The van der Waals surface area contributed by atoms with Crippen LogP contribution in [0.1, 0.15) is 60.9 Å². The van der Waals surface area contributed by atoms with E-state index in [-0.39, 0.29) is 29.2 Å². The maximum absolute atomic E-state index is 13.0. The molecule has 0 aliphatic carbocycles. The lowest BCUT2D eigenvalue weighted by atomic mass is 9.88. The first-order valence-corrected chi connectivity index (χ1v) is 15.1. The van der Waals surface area contributed by atoms with Crippen LogP contribution in [0.3, 0.4) is 0 Å². The Balaban J connectivity index is 1.28. The fraction of sp³-hybridized carbons (Fsp3) is 0.414. The highest BCUT2D eigenvalue weighted by molar-refractivity contribution is 8.00. The van der Waals surface area contributed by atoms with E-state index < -0.39 is 0 Å². The number of carbonyl (C=O) groups excluding carboxylic acids is 3. The van der Waals surface area contributed by atoms with Crippen molar-refractivity contribution >= 4 is 51.8 Å². The van der Waals surface area contributed by atoms with Gasteiger partial charge in [0.25, 0.3) is 11.8 Å². The van der Waals surface area contributed by atoms with Crippen LogP contribution in [0.5, 0.6) is 0 Å². The zero-order chi connectivity index (χ0) is 28.9.